The molecule has 0 N–H and O–H groups in total. The number of aryl methyl sites for hydroxylation is 1. The van der Waals surface area contributed by atoms with Gasteiger partial charge in [0.2, 0.25) is 11.9 Å². The topological polar surface area (TPSA) is 67.2 Å². The zero-order valence-electron chi connectivity index (χ0n) is 13.2. The first-order valence-corrected chi connectivity index (χ1v) is 8.01. The molecule has 2 fully saturated rings. The molecule has 2 aliphatic rings. The van der Waals surface area contributed by atoms with E-state index in [1.807, 2.05) is 24.2 Å². The highest BCUT2D eigenvalue weighted by Crippen LogP contribution is 2.42. The predicted octanol–water partition coefficient (Wildman–Crippen LogP) is 1.23. The Hall–Kier alpha value is -2.44. The van der Waals surface area contributed by atoms with Crippen molar-refractivity contribution < 1.29 is 4.79 Å². The predicted molar refractivity (Wildman–Crippen MR) is 86.1 cm³/mol. The second kappa shape index (κ2) is 5.33. The zero-order chi connectivity index (χ0) is 15.9. The summed E-state index contributed by atoms with van der Waals surface area (Å²) in [5, 5.41) is 4.18. The number of rotatable bonds is 2. The maximum Gasteiger partial charge on any atom is 0.235 e. The van der Waals surface area contributed by atoms with Crippen molar-refractivity contribution in [1.29, 1.82) is 0 Å². The van der Waals surface area contributed by atoms with Crippen molar-refractivity contribution in [1.82, 2.24) is 19.7 Å². The first-order chi connectivity index (χ1) is 11.2. The van der Waals surface area contributed by atoms with Crippen molar-refractivity contribution in [2.24, 2.45) is 12.5 Å². The van der Waals surface area contributed by atoms with Gasteiger partial charge in [-0.15, -0.1) is 0 Å². The van der Waals surface area contributed by atoms with E-state index in [0.717, 1.165) is 44.0 Å². The SMILES string of the molecule is Cn1cc(N2CCC3(CCCN(c4ncccn4)C3)C2=O)cn1. The maximum atomic E-state index is 13.1. The van der Waals surface area contributed by atoms with Crippen LogP contribution in [0.3, 0.4) is 0 Å². The molecule has 7 heteroatoms. The highest BCUT2D eigenvalue weighted by molar-refractivity contribution is 6.00. The molecule has 0 aromatic carbocycles. The van der Waals surface area contributed by atoms with Gasteiger partial charge >= 0.3 is 0 Å². The fourth-order valence-electron chi connectivity index (χ4n) is 3.75. The lowest BCUT2D eigenvalue weighted by Crippen LogP contribution is -2.48. The molecule has 0 saturated carbocycles. The van der Waals surface area contributed by atoms with Gasteiger partial charge in [0.15, 0.2) is 0 Å². The minimum absolute atomic E-state index is 0.214. The molecule has 2 aliphatic heterocycles. The molecule has 1 spiro atoms. The molecule has 7 nitrogen and oxygen atoms in total. The Bertz CT molecular complexity index is 714. The zero-order valence-corrected chi connectivity index (χ0v) is 13.2. The Morgan fingerprint density at radius 2 is 2.00 bits per heavy atom. The van der Waals surface area contributed by atoms with Crippen molar-refractivity contribution in [2.45, 2.75) is 19.3 Å². The summed E-state index contributed by atoms with van der Waals surface area (Å²) in [5.41, 5.74) is 0.579. The molecule has 1 unspecified atom stereocenters. The number of hydrogen-bond acceptors (Lipinski definition) is 5. The van der Waals surface area contributed by atoms with Crippen LogP contribution in [-0.2, 0) is 11.8 Å². The molecule has 2 aromatic heterocycles. The van der Waals surface area contributed by atoms with Gasteiger partial charge in [-0.1, -0.05) is 0 Å². The van der Waals surface area contributed by atoms with Crippen LogP contribution in [0.25, 0.3) is 0 Å². The Kier molecular flexibility index (Phi) is 3.28. The van der Waals surface area contributed by atoms with Gasteiger partial charge < -0.3 is 9.80 Å². The third-order valence-electron chi connectivity index (χ3n) is 4.93. The molecule has 2 saturated heterocycles. The largest absolute Gasteiger partial charge is 0.340 e. The summed E-state index contributed by atoms with van der Waals surface area (Å²) in [6.45, 7) is 2.37. The molecule has 4 heterocycles. The smallest absolute Gasteiger partial charge is 0.235 e. The molecule has 0 aliphatic carbocycles. The van der Waals surface area contributed by atoms with Gasteiger partial charge in [0, 0.05) is 45.3 Å². The van der Waals surface area contributed by atoms with E-state index in [-0.39, 0.29) is 11.3 Å². The van der Waals surface area contributed by atoms with Gasteiger partial charge in [0.25, 0.3) is 0 Å². The number of carbonyl (C=O) groups is 1. The third-order valence-corrected chi connectivity index (χ3v) is 4.93. The second-order valence-corrected chi connectivity index (χ2v) is 6.43. The first-order valence-electron chi connectivity index (χ1n) is 8.01. The number of hydrogen-bond donors (Lipinski definition) is 0. The van der Waals surface area contributed by atoms with E-state index in [0.29, 0.717) is 6.54 Å². The van der Waals surface area contributed by atoms with Crippen LogP contribution in [0.2, 0.25) is 0 Å². The fraction of sp³-hybridized carbons (Fsp3) is 0.500. The monoisotopic (exact) mass is 312 g/mol. The van der Waals surface area contributed by atoms with Crippen molar-refractivity contribution in [3.05, 3.63) is 30.9 Å². The Balaban J connectivity index is 1.57. The minimum atomic E-state index is -0.312. The van der Waals surface area contributed by atoms with Crippen LogP contribution in [0.4, 0.5) is 11.6 Å². The van der Waals surface area contributed by atoms with Crippen LogP contribution in [0, 0.1) is 5.41 Å². The van der Waals surface area contributed by atoms with Gasteiger partial charge in [-0.3, -0.25) is 9.48 Å². The van der Waals surface area contributed by atoms with E-state index in [9.17, 15) is 4.79 Å². The number of piperidine rings is 1. The summed E-state index contributed by atoms with van der Waals surface area (Å²) in [7, 11) is 1.87. The Morgan fingerprint density at radius 1 is 1.17 bits per heavy atom. The highest BCUT2D eigenvalue weighted by atomic mass is 16.2. The van der Waals surface area contributed by atoms with Crippen LogP contribution in [-0.4, -0.2) is 45.3 Å². The quantitative estimate of drug-likeness (QED) is 0.834. The minimum Gasteiger partial charge on any atom is -0.340 e. The molecule has 23 heavy (non-hydrogen) atoms. The van der Waals surface area contributed by atoms with Crippen molar-refractivity contribution in [3.8, 4) is 0 Å². The van der Waals surface area contributed by atoms with E-state index >= 15 is 0 Å². The van der Waals surface area contributed by atoms with Crippen LogP contribution in [0.1, 0.15) is 19.3 Å². The molecule has 0 radical (unpaired) electrons. The van der Waals surface area contributed by atoms with Gasteiger partial charge in [-0.25, -0.2) is 9.97 Å². The van der Waals surface area contributed by atoms with Crippen LogP contribution in [0.15, 0.2) is 30.9 Å². The third kappa shape index (κ3) is 2.36. The molecule has 1 atom stereocenters. The average molecular weight is 312 g/mol. The fourth-order valence-corrected chi connectivity index (χ4v) is 3.75. The summed E-state index contributed by atoms with van der Waals surface area (Å²) < 4.78 is 1.73. The van der Waals surface area contributed by atoms with Gasteiger partial charge in [-0.05, 0) is 25.3 Å². The summed E-state index contributed by atoms with van der Waals surface area (Å²) in [5.74, 6) is 0.935. The number of anilines is 2. The van der Waals surface area contributed by atoms with E-state index in [2.05, 4.69) is 20.0 Å². The van der Waals surface area contributed by atoms with Crippen molar-refractivity contribution in [2.75, 3.05) is 29.4 Å². The lowest BCUT2D eigenvalue weighted by molar-refractivity contribution is -0.126. The standard InChI is InChI=1S/C16H20N6O/c1-20-11-13(10-19-20)22-9-5-16(14(22)23)4-2-8-21(12-16)15-17-6-3-7-18-15/h3,6-7,10-11H,2,4-5,8-9,12H2,1H3. The van der Waals surface area contributed by atoms with Crippen LogP contribution < -0.4 is 9.80 Å². The van der Waals surface area contributed by atoms with Crippen molar-refractivity contribution >= 4 is 17.5 Å². The number of nitrogens with zero attached hydrogens (tertiary/aromatic N) is 6. The first kappa shape index (κ1) is 14.2. The second-order valence-electron chi connectivity index (χ2n) is 6.43. The molecular formula is C16H20N6O. The van der Waals surface area contributed by atoms with Crippen LogP contribution in [0.5, 0.6) is 0 Å². The summed E-state index contributed by atoms with van der Waals surface area (Å²) in [4.78, 5) is 25.8. The maximum absolute atomic E-state index is 13.1. The van der Waals surface area contributed by atoms with Gasteiger partial charge in [0.1, 0.15) is 0 Å². The summed E-state index contributed by atoms with van der Waals surface area (Å²) >= 11 is 0. The summed E-state index contributed by atoms with van der Waals surface area (Å²) in [6.07, 6.45) is 9.97. The molecular weight excluding hydrogens is 292 g/mol. The number of carbonyl (C=O) groups excluding carboxylic acids is 1. The highest BCUT2D eigenvalue weighted by Gasteiger charge is 2.49. The normalized spacial score (nSPS) is 24.7. The molecule has 2 aromatic rings. The van der Waals surface area contributed by atoms with Crippen molar-refractivity contribution in [3.63, 3.8) is 0 Å². The molecule has 120 valence electrons. The molecule has 4 rings (SSSR count). The molecule has 1 amide bonds. The van der Waals surface area contributed by atoms with Gasteiger partial charge in [-0.2, -0.15) is 5.10 Å². The lowest BCUT2D eigenvalue weighted by Gasteiger charge is -2.38. The average Bonchev–Trinajstić information content (AvgIpc) is 3.14. The van der Waals surface area contributed by atoms with E-state index in [4.69, 9.17) is 0 Å². The van der Waals surface area contributed by atoms with Crippen LogP contribution >= 0.6 is 0 Å². The number of aromatic nitrogens is 4. The van der Waals surface area contributed by atoms with E-state index in [1.54, 1.807) is 23.3 Å². The Morgan fingerprint density at radius 3 is 2.74 bits per heavy atom. The molecule has 0 bridgehead atoms. The Labute approximate surface area is 134 Å². The van der Waals surface area contributed by atoms with Gasteiger partial charge in [0.05, 0.1) is 17.3 Å². The van der Waals surface area contributed by atoms with E-state index in [1.165, 1.54) is 0 Å². The number of amides is 1. The van der Waals surface area contributed by atoms with E-state index < -0.39 is 0 Å². The summed E-state index contributed by atoms with van der Waals surface area (Å²) in [6, 6.07) is 1.81. The lowest BCUT2D eigenvalue weighted by atomic mass is 9.78.